The molecule has 2 rings (SSSR count). The molecular formula is C12H13NO2. The van der Waals surface area contributed by atoms with Crippen molar-refractivity contribution in [2.24, 2.45) is 0 Å². The second-order valence-corrected chi connectivity index (χ2v) is 3.75. The Bertz CT molecular complexity index is 461. The van der Waals surface area contributed by atoms with E-state index in [4.69, 9.17) is 0 Å². The number of hydrogen-bond acceptors (Lipinski definition) is 2. The summed E-state index contributed by atoms with van der Waals surface area (Å²) in [4.78, 5) is 11.6. The number of aromatic hydroxyl groups is 1. The van der Waals surface area contributed by atoms with Gasteiger partial charge >= 0.3 is 0 Å². The van der Waals surface area contributed by atoms with Crippen molar-refractivity contribution in [2.75, 3.05) is 7.05 Å². The molecule has 0 saturated carbocycles. The van der Waals surface area contributed by atoms with Crippen LogP contribution in [-0.2, 0) is 11.2 Å². The zero-order chi connectivity index (χ0) is 11.0. The van der Waals surface area contributed by atoms with Crippen molar-refractivity contribution in [2.45, 2.75) is 13.3 Å². The second-order valence-electron chi connectivity index (χ2n) is 3.75. The highest BCUT2D eigenvalue weighted by atomic mass is 16.3. The third-order valence-electron chi connectivity index (χ3n) is 2.69. The number of amides is 1. The van der Waals surface area contributed by atoms with E-state index in [1.807, 2.05) is 6.92 Å². The average Bonchev–Trinajstić information content (AvgIpc) is 2.52. The van der Waals surface area contributed by atoms with Gasteiger partial charge in [0.1, 0.15) is 5.75 Å². The molecular weight excluding hydrogens is 190 g/mol. The van der Waals surface area contributed by atoms with Gasteiger partial charge in [-0.2, -0.15) is 0 Å². The predicted octanol–water partition coefficient (Wildman–Crippen LogP) is 1.47. The molecule has 0 aromatic heterocycles. The van der Waals surface area contributed by atoms with Gasteiger partial charge in [-0.3, -0.25) is 4.79 Å². The summed E-state index contributed by atoms with van der Waals surface area (Å²) in [5.41, 5.74) is 3.75. The molecule has 1 aromatic carbocycles. The number of carbonyl (C=O) groups excluding carboxylic acids is 1. The Hall–Kier alpha value is -1.77. The van der Waals surface area contributed by atoms with Gasteiger partial charge in [0.15, 0.2) is 0 Å². The summed E-state index contributed by atoms with van der Waals surface area (Å²) in [5.74, 6) is 0.191. The lowest BCUT2D eigenvalue weighted by atomic mass is 10.0. The van der Waals surface area contributed by atoms with Crippen LogP contribution in [0.3, 0.4) is 0 Å². The molecule has 0 aliphatic heterocycles. The maximum atomic E-state index is 11.6. The van der Waals surface area contributed by atoms with E-state index in [0.717, 1.165) is 28.7 Å². The quantitative estimate of drug-likeness (QED) is 0.726. The number of nitrogens with one attached hydrogen (secondary N) is 1. The molecule has 0 heterocycles. The predicted molar refractivity (Wildman–Crippen MR) is 58.5 cm³/mol. The lowest BCUT2D eigenvalue weighted by Crippen LogP contribution is -2.19. The summed E-state index contributed by atoms with van der Waals surface area (Å²) in [7, 11) is 1.63. The summed E-state index contributed by atoms with van der Waals surface area (Å²) >= 11 is 0. The zero-order valence-electron chi connectivity index (χ0n) is 8.79. The van der Waals surface area contributed by atoms with Crippen LogP contribution >= 0.6 is 0 Å². The molecule has 0 bridgehead atoms. The third kappa shape index (κ3) is 1.50. The van der Waals surface area contributed by atoms with Gasteiger partial charge in [0.25, 0.3) is 5.91 Å². The highest BCUT2D eigenvalue weighted by Crippen LogP contribution is 2.34. The van der Waals surface area contributed by atoms with E-state index in [9.17, 15) is 9.90 Å². The van der Waals surface area contributed by atoms with E-state index in [2.05, 4.69) is 5.32 Å². The summed E-state index contributed by atoms with van der Waals surface area (Å²) in [6.45, 7) is 1.95. The van der Waals surface area contributed by atoms with E-state index in [0.29, 0.717) is 0 Å². The fourth-order valence-electron chi connectivity index (χ4n) is 2.02. The highest BCUT2D eigenvalue weighted by Gasteiger charge is 2.23. The van der Waals surface area contributed by atoms with Crippen LogP contribution in [-0.4, -0.2) is 18.1 Å². The molecule has 0 spiro atoms. The summed E-state index contributed by atoms with van der Waals surface area (Å²) in [6.07, 6.45) is 0.743. The number of phenols is 1. The van der Waals surface area contributed by atoms with Gasteiger partial charge < -0.3 is 10.4 Å². The van der Waals surface area contributed by atoms with Gasteiger partial charge in [-0.25, -0.2) is 0 Å². The first-order chi connectivity index (χ1) is 7.13. The van der Waals surface area contributed by atoms with E-state index < -0.39 is 0 Å². The second kappa shape index (κ2) is 3.42. The minimum atomic E-state index is -0.0584. The maximum Gasteiger partial charge on any atom is 0.251 e. The number of hydrogen-bond donors (Lipinski definition) is 2. The molecule has 0 atom stereocenters. The monoisotopic (exact) mass is 203 g/mol. The molecule has 1 aliphatic rings. The highest BCUT2D eigenvalue weighted by molar-refractivity contribution is 6.21. The molecule has 0 radical (unpaired) electrons. The van der Waals surface area contributed by atoms with Crippen molar-refractivity contribution < 1.29 is 9.90 Å². The molecule has 1 amide bonds. The van der Waals surface area contributed by atoms with Crippen molar-refractivity contribution in [3.8, 4) is 5.75 Å². The smallest absolute Gasteiger partial charge is 0.251 e. The Morgan fingerprint density at radius 1 is 1.47 bits per heavy atom. The fourth-order valence-corrected chi connectivity index (χ4v) is 2.02. The lowest BCUT2D eigenvalue weighted by Gasteiger charge is -2.04. The molecule has 78 valence electrons. The van der Waals surface area contributed by atoms with E-state index in [1.54, 1.807) is 25.2 Å². The number of likely N-dealkylation sites (N-methyl/N-ethyl adjacent to an activating group) is 1. The van der Waals surface area contributed by atoms with Crippen LogP contribution in [0, 0.1) is 0 Å². The van der Waals surface area contributed by atoms with Crippen LogP contribution in [0.2, 0.25) is 0 Å². The minimum absolute atomic E-state index is 0.0584. The molecule has 0 unspecified atom stereocenters. The molecule has 0 fully saturated rings. The maximum absolute atomic E-state index is 11.6. The lowest BCUT2D eigenvalue weighted by molar-refractivity contribution is -0.115. The first kappa shape index (κ1) is 9.77. The van der Waals surface area contributed by atoms with Gasteiger partial charge in [0.2, 0.25) is 0 Å². The Morgan fingerprint density at radius 3 is 2.87 bits per heavy atom. The first-order valence-electron chi connectivity index (χ1n) is 4.87. The van der Waals surface area contributed by atoms with Crippen LogP contribution in [0.4, 0.5) is 0 Å². The molecule has 1 aliphatic carbocycles. The van der Waals surface area contributed by atoms with Gasteiger partial charge in [-0.15, -0.1) is 0 Å². The van der Waals surface area contributed by atoms with Crippen LogP contribution < -0.4 is 5.32 Å². The van der Waals surface area contributed by atoms with E-state index >= 15 is 0 Å². The van der Waals surface area contributed by atoms with Crippen molar-refractivity contribution >= 4 is 11.5 Å². The molecule has 2 N–H and O–H groups in total. The standard InChI is InChI=1S/C12H13NO2/c1-7-5-8-6-9(14)3-4-10(8)11(7)12(15)13-2/h3-4,6,14H,5H2,1-2H3,(H,13,15). The zero-order valence-corrected chi connectivity index (χ0v) is 8.79. The van der Waals surface area contributed by atoms with Crippen molar-refractivity contribution in [3.05, 3.63) is 34.9 Å². The number of phenolic OH excluding ortho intramolecular Hbond substituents is 1. The number of benzene rings is 1. The number of rotatable bonds is 1. The molecule has 15 heavy (non-hydrogen) atoms. The van der Waals surface area contributed by atoms with Gasteiger partial charge in [0, 0.05) is 12.6 Å². The largest absolute Gasteiger partial charge is 0.508 e. The SMILES string of the molecule is CNC(=O)C1=C(C)Cc2cc(O)ccc21. The average molecular weight is 203 g/mol. The van der Waals surface area contributed by atoms with E-state index in [1.165, 1.54) is 0 Å². The van der Waals surface area contributed by atoms with Crippen molar-refractivity contribution in [3.63, 3.8) is 0 Å². The third-order valence-corrected chi connectivity index (χ3v) is 2.69. The van der Waals surface area contributed by atoms with Crippen LogP contribution in [0.15, 0.2) is 23.8 Å². The normalized spacial score (nSPS) is 14.0. The molecule has 3 heteroatoms. The van der Waals surface area contributed by atoms with Crippen LogP contribution in [0.25, 0.3) is 5.57 Å². The number of fused-ring (bicyclic) bond motifs is 1. The summed E-state index contributed by atoms with van der Waals surface area (Å²) < 4.78 is 0. The Balaban J connectivity index is 2.51. The first-order valence-corrected chi connectivity index (χ1v) is 4.87. The Kier molecular flexibility index (Phi) is 2.23. The van der Waals surface area contributed by atoms with Crippen LogP contribution in [0.1, 0.15) is 18.1 Å². The Morgan fingerprint density at radius 2 is 2.20 bits per heavy atom. The van der Waals surface area contributed by atoms with Gasteiger partial charge in [-0.05, 0) is 36.6 Å². The van der Waals surface area contributed by atoms with Crippen LogP contribution in [0.5, 0.6) is 5.75 Å². The number of allylic oxidation sites excluding steroid dienone is 1. The van der Waals surface area contributed by atoms with Crippen molar-refractivity contribution in [1.29, 1.82) is 0 Å². The Labute approximate surface area is 88.4 Å². The number of carbonyl (C=O) groups is 1. The van der Waals surface area contributed by atoms with E-state index in [-0.39, 0.29) is 11.7 Å². The summed E-state index contributed by atoms with van der Waals surface area (Å²) in [6, 6.07) is 5.13. The molecule has 3 nitrogen and oxygen atoms in total. The van der Waals surface area contributed by atoms with Gasteiger partial charge in [-0.1, -0.05) is 11.6 Å². The minimum Gasteiger partial charge on any atom is -0.508 e. The summed E-state index contributed by atoms with van der Waals surface area (Å²) in [5, 5.41) is 12.0. The van der Waals surface area contributed by atoms with Crippen molar-refractivity contribution in [1.82, 2.24) is 5.32 Å². The van der Waals surface area contributed by atoms with Gasteiger partial charge in [0.05, 0.1) is 0 Å². The fraction of sp³-hybridized carbons (Fsp3) is 0.250. The molecule has 1 aromatic rings. The topological polar surface area (TPSA) is 49.3 Å². The molecule has 0 saturated heterocycles.